The first-order chi connectivity index (χ1) is 9.61. The van der Waals surface area contributed by atoms with Crippen LogP contribution in [0.1, 0.15) is 20.9 Å². The summed E-state index contributed by atoms with van der Waals surface area (Å²) in [5, 5.41) is 10.7. The second-order valence-corrected chi connectivity index (χ2v) is 5.95. The number of aromatic nitrogens is 1. The molecule has 0 unspecified atom stereocenters. The molecule has 0 bridgehead atoms. The van der Waals surface area contributed by atoms with Gasteiger partial charge in [-0.25, -0.2) is 9.78 Å². The number of carboxylic acids is 1. The molecule has 0 aliphatic rings. The Morgan fingerprint density at radius 2 is 1.95 bits per heavy atom. The topological polar surface area (TPSA) is 50.2 Å². The Morgan fingerprint density at radius 3 is 2.65 bits per heavy atom. The maximum absolute atomic E-state index is 10.9. The lowest BCUT2D eigenvalue weighted by atomic mass is 10.2. The molecule has 1 N–H and O–H groups in total. The van der Waals surface area contributed by atoms with Crippen LogP contribution in [0.5, 0.6) is 0 Å². The molecule has 0 atom stereocenters. The third-order valence-electron chi connectivity index (χ3n) is 2.95. The van der Waals surface area contributed by atoms with Crippen LogP contribution in [0, 0.1) is 0 Å². The normalized spacial score (nSPS) is 10.8. The maximum atomic E-state index is 10.9. The SMILES string of the molecule is O=C(O)c1ccc2nc(Cc3ccc(Cl)cc3)sc2c1. The number of nitrogens with zero attached hydrogens (tertiary/aromatic N) is 1. The van der Waals surface area contributed by atoms with E-state index in [0.29, 0.717) is 10.6 Å². The first-order valence-corrected chi connectivity index (χ1v) is 7.18. The molecule has 1 heterocycles. The Labute approximate surface area is 124 Å². The zero-order valence-corrected chi connectivity index (χ0v) is 11.9. The van der Waals surface area contributed by atoms with E-state index in [2.05, 4.69) is 4.98 Å². The van der Waals surface area contributed by atoms with Gasteiger partial charge in [-0.15, -0.1) is 11.3 Å². The van der Waals surface area contributed by atoms with Gasteiger partial charge in [-0.1, -0.05) is 23.7 Å². The molecule has 0 fully saturated rings. The fraction of sp³-hybridized carbons (Fsp3) is 0.0667. The van der Waals surface area contributed by atoms with Crippen LogP contribution < -0.4 is 0 Å². The third-order valence-corrected chi connectivity index (χ3v) is 4.22. The first-order valence-electron chi connectivity index (χ1n) is 5.99. The van der Waals surface area contributed by atoms with Gasteiger partial charge in [0.15, 0.2) is 0 Å². The summed E-state index contributed by atoms with van der Waals surface area (Å²) in [5.74, 6) is -0.917. The smallest absolute Gasteiger partial charge is 0.335 e. The zero-order valence-electron chi connectivity index (χ0n) is 10.3. The van der Waals surface area contributed by atoms with E-state index >= 15 is 0 Å². The Morgan fingerprint density at radius 1 is 1.20 bits per heavy atom. The van der Waals surface area contributed by atoms with Crippen LogP contribution in [0.3, 0.4) is 0 Å². The summed E-state index contributed by atoms with van der Waals surface area (Å²) in [6.45, 7) is 0. The molecule has 2 aromatic carbocycles. The molecule has 0 radical (unpaired) electrons. The highest BCUT2D eigenvalue weighted by atomic mass is 35.5. The summed E-state index contributed by atoms with van der Waals surface area (Å²) in [6, 6.07) is 12.6. The lowest BCUT2D eigenvalue weighted by molar-refractivity contribution is 0.0697. The fourth-order valence-corrected chi connectivity index (χ4v) is 3.12. The molecule has 0 aliphatic heterocycles. The third kappa shape index (κ3) is 2.66. The molecular weight excluding hydrogens is 294 g/mol. The summed E-state index contributed by atoms with van der Waals surface area (Å²) in [7, 11) is 0. The number of carbonyl (C=O) groups is 1. The quantitative estimate of drug-likeness (QED) is 0.787. The van der Waals surface area contributed by atoms with Crippen molar-refractivity contribution in [3.8, 4) is 0 Å². The van der Waals surface area contributed by atoms with Crippen molar-refractivity contribution in [1.82, 2.24) is 4.98 Å². The van der Waals surface area contributed by atoms with E-state index in [1.165, 1.54) is 11.3 Å². The number of halogens is 1. The molecule has 5 heteroatoms. The minimum absolute atomic E-state index is 0.291. The van der Waals surface area contributed by atoms with Gasteiger partial charge in [0.2, 0.25) is 0 Å². The number of carboxylic acid groups (broad SMARTS) is 1. The average molecular weight is 304 g/mol. The molecule has 0 aliphatic carbocycles. The van der Waals surface area contributed by atoms with Crippen molar-refractivity contribution in [2.45, 2.75) is 6.42 Å². The number of hydrogen-bond donors (Lipinski definition) is 1. The maximum Gasteiger partial charge on any atom is 0.335 e. The Kier molecular flexibility index (Phi) is 3.42. The van der Waals surface area contributed by atoms with Crippen LogP contribution in [-0.4, -0.2) is 16.1 Å². The van der Waals surface area contributed by atoms with E-state index in [-0.39, 0.29) is 0 Å². The van der Waals surface area contributed by atoms with Gasteiger partial charge in [-0.05, 0) is 35.9 Å². The molecule has 0 amide bonds. The van der Waals surface area contributed by atoms with Gasteiger partial charge in [-0.3, -0.25) is 0 Å². The summed E-state index contributed by atoms with van der Waals surface area (Å²) in [5.41, 5.74) is 2.26. The second kappa shape index (κ2) is 5.23. The van der Waals surface area contributed by atoms with E-state index in [9.17, 15) is 4.79 Å². The van der Waals surface area contributed by atoms with Crippen LogP contribution >= 0.6 is 22.9 Å². The summed E-state index contributed by atoms with van der Waals surface area (Å²) in [4.78, 5) is 15.5. The molecular formula is C15H10ClNO2S. The average Bonchev–Trinajstić information content (AvgIpc) is 2.82. The number of thiazole rings is 1. The van der Waals surface area contributed by atoms with E-state index in [0.717, 1.165) is 27.2 Å². The van der Waals surface area contributed by atoms with Gasteiger partial charge in [0.25, 0.3) is 0 Å². The molecule has 20 heavy (non-hydrogen) atoms. The minimum atomic E-state index is -0.917. The highest BCUT2D eigenvalue weighted by Crippen LogP contribution is 2.25. The van der Waals surface area contributed by atoms with Crippen LogP contribution in [0.4, 0.5) is 0 Å². The van der Waals surface area contributed by atoms with Crippen molar-refractivity contribution in [3.63, 3.8) is 0 Å². The second-order valence-electron chi connectivity index (χ2n) is 4.40. The first kappa shape index (κ1) is 13.1. The summed E-state index contributed by atoms with van der Waals surface area (Å²) in [6.07, 6.45) is 0.721. The van der Waals surface area contributed by atoms with E-state index in [1.807, 2.05) is 24.3 Å². The summed E-state index contributed by atoms with van der Waals surface area (Å²) >= 11 is 7.38. The summed E-state index contributed by atoms with van der Waals surface area (Å²) < 4.78 is 0.897. The lowest BCUT2D eigenvalue weighted by Crippen LogP contribution is -1.94. The molecule has 0 spiro atoms. The molecule has 1 aromatic heterocycles. The number of hydrogen-bond acceptors (Lipinski definition) is 3. The van der Waals surface area contributed by atoms with Crippen LogP contribution in [-0.2, 0) is 6.42 Å². The number of aromatic carboxylic acids is 1. The fourth-order valence-electron chi connectivity index (χ4n) is 1.96. The standard InChI is InChI=1S/C15H10ClNO2S/c16-11-4-1-9(2-5-11)7-14-17-12-6-3-10(15(18)19)8-13(12)20-14/h1-6,8H,7H2,(H,18,19). The van der Waals surface area contributed by atoms with E-state index < -0.39 is 5.97 Å². The number of fused-ring (bicyclic) bond motifs is 1. The van der Waals surface area contributed by atoms with Crippen molar-refractivity contribution >= 4 is 39.1 Å². The van der Waals surface area contributed by atoms with Gasteiger partial charge >= 0.3 is 5.97 Å². The van der Waals surface area contributed by atoms with E-state index in [1.54, 1.807) is 18.2 Å². The van der Waals surface area contributed by atoms with Gasteiger partial charge in [-0.2, -0.15) is 0 Å². The highest BCUT2D eigenvalue weighted by Gasteiger charge is 2.08. The van der Waals surface area contributed by atoms with Crippen LogP contribution in [0.25, 0.3) is 10.2 Å². The number of rotatable bonds is 3. The molecule has 3 rings (SSSR count). The minimum Gasteiger partial charge on any atom is -0.478 e. The van der Waals surface area contributed by atoms with Gasteiger partial charge < -0.3 is 5.11 Å². The molecule has 0 saturated carbocycles. The van der Waals surface area contributed by atoms with Crippen molar-refractivity contribution < 1.29 is 9.90 Å². The predicted molar refractivity (Wildman–Crippen MR) is 80.8 cm³/mol. The Hall–Kier alpha value is -1.91. The lowest BCUT2D eigenvalue weighted by Gasteiger charge is -1.97. The largest absolute Gasteiger partial charge is 0.478 e. The molecule has 3 nitrogen and oxygen atoms in total. The zero-order chi connectivity index (χ0) is 14.1. The van der Waals surface area contributed by atoms with Crippen LogP contribution in [0.15, 0.2) is 42.5 Å². The highest BCUT2D eigenvalue weighted by molar-refractivity contribution is 7.18. The molecule has 100 valence electrons. The Balaban J connectivity index is 1.92. The van der Waals surface area contributed by atoms with E-state index in [4.69, 9.17) is 16.7 Å². The Bertz CT molecular complexity index is 780. The van der Waals surface area contributed by atoms with Crippen molar-refractivity contribution in [1.29, 1.82) is 0 Å². The van der Waals surface area contributed by atoms with Crippen LogP contribution in [0.2, 0.25) is 5.02 Å². The van der Waals surface area contributed by atoms with Crippen molar-refractivity contribution in [3.05, 3.63) is 63.6 Å². The molecule has 0 saturated heterocycles. The van der Waals surface area contributed by atoms with Gasteiger partial charge in [0.1, 0.15) is 0 Å². The van der Waals surface area contributed by atoms with Gasteiger partial charge in [0.05, 0.1) is 20.8 Å². The predicted octanol–water partition coefficient (Wildman–Crippen LogP) is 4.24. The van der Waals surface area contributed by atoms with Crippen molar-refractivity contribution in [2.24, 2.45) is 0 Å². The van der Waals surface area contributed by atoms with Crippen molar-refractivity contribution in [2.75, 3.05) is 0 Å². The van der Waals surface area contributed by atoms with Gasteiger partial charge in [0, 0.05) is 11.4 Å². The monoisotopic (exact) mass is 303 g/mol. The number of benzene rings is 2. The molecule has 3 aromatic rings.